The van der Waals surface area contributed by atoms with Crippen LogP contribution in [0.15, 0.2) is 9.05 Å². The first-order valence-corrected chi connectivity index (χ1v) is 11.3. The topological polar surface area (TPSA) is 131 Å². The summed E-state index contributed by atoms with van der Waals surface area (Å²) in [6.45, 7) is 7.68. The number of amides is 1. The van der Waals surface area contributed by atoms with Crippen molar-refractivity contribution >= 4 is 15.9 Å². The van der Waals surface area contributed by atoms with Gasteiger partial charge in [0, 0.05) is 19.1 Å². The molecule has 1 saturated carbocycles. The second kappa shape index (κ2) is 6.91. The molecule has 0 bridgehead atoms. The number of likely N-dealkylation sites (tertiary alicyclic amines) is 1. The predicted molar refractivity (Wildman–Crippen MR) is 102 cm³/mol. The fraction of sp³-hybridized carbons (Fsp3) is 0.667. The highest BCUT2D eigenvalue weighted by Gasteiger charge is 2.58. The second-order valence-corrected chi connectivity index (χ2v) is 10.1. The Morgan fingerprint density at radius 3 is 2.62 bits per heavy atom. The van der Waals surface area contributed by atoms with Gasteiger partial charge in [-0.2, -0.15) is 4.98 Å². The number of rotatable bonds is 5. The Hall–Kier alpha value is -2.27. The van der Waals surface area contributed by atoms with Gasteiger partial charge in [0.15, 0.2) is 5.82 Å². The summed E-state index contributed by atoms with van der Waals surface area (Å²) < 4.78 is 37.6. The van der Waals surface area contributed by atoms with Crippen LogP contribution in [0.4, 0.5) is 0 Å². The first-order valence-electron chi connectivity index (χ1n) is 9.68. The van der Waals surface area contributed by atoms with Crippen molar-refractivity contribution in [2.45, 2.75) is 52.0 Å². The van der Waals surface area contributed by atoms with Gasteiger partial charge in [0.25, 0.3) is 5.91 Å². The van der Waals surface area contributed by atoms with E-state index in [4.69, 9.17) is 9.05 Å². The Morgan fingerprint density at radius 2 is 2.03 bits per heavy atom. The number of sulfonamides is 1. The molecule has 11 heteroatoms. The van der Waals surface area contributed by atoms with E-state index in [2.05, 4.69) is 20.0 Å². The van der Waals surface area contributed by atoms with Gasteiger partial charge in [-0.15, -0.1) is 0 Å². The molecule has 0 aromatic carbocycles. The zero-order valence-electron chi connectivity index (χ0n) is 16.9. The SMILES string of the molecule is CCS(=O)(=O)N[C@@H]1CC2CN(C(=O)c3c(C)noc3C)C[C@@]2(c2nc(C)no2)C1. The highest BCUT2D eigenvalue weighted by Crippen LogP contribution is 2.50. The van der Waals surface area contributed by atoms with Crippen LogP contribution >= 0.6 is 0 Å². The van der Waals surface area contributed by atoms with Crippen molar-refractivity contribution in [3.8, 4) is 0 Å². The molecule has 158 valence electrons. The van der Waals surface area contributed by atoms with Crippen LogP contribution in [0.1, 0.15) is 53.3 Å². The van der Waals surface area contributed by atoms with Gasteiger partial charge >= 0.3 is 0 Å². The summed E-state index contributed by atoms with van der Waals surface area (Å²) in [5, 5.41) is 7.81. The normalized spacial score (nSPS) is 26.8. The number of nitrogens with zero attached hydrogens (tertiary/aromatic N) is 4. The van der Waals surface area contributed by atoms with Crippen LogP contribution in [0.5, 0.6) is 0 Å². The Balaban J connectivity index is 1.64. The molecule has 4 rings (SSSR count). The number of hydrogen-bond donors (Lipinski definition) is 1. The molecular formula is C18H25N5O5S. The zero-order chi connectivity index (χ0) is 21.0. The number of fused-ring (bicyclic) bond motifs is 1. The van der Waals surface area contributed by atoms with E-state index in [9.17, 15) is 13.2 Å². The van der Waals surface area contributed by atoms with E-state index >= 15 is 0 Å². The van der Waals surface area contributed by atoms with Crippen LogP contribution < -0.4 is 4.72 Å². The number of carbonyl (C=O) groups excluding carboxylic acids is 1. The number of nitrogens with one attached hydrogen (secondary N) is 1. The molecule has 0 spiro atoms. The summed E-state index contributed by atoms with van der Waals surface area (Å²) in [4.78, 5) is 19.4. The fourth-order valence-electron chi connectivity index (χ4n) is 4.73. The van der Waals surface area contributed by atoms with Gasteiger partial charge in [-0.25, -0.2) is 13.1 Å². The second-order valence-electron chi connectivity index (χ2n) is 8.04. The quantitative estimate of drug-likeness (QED) is 0.756. The molecule has 1 unspecified atom stereocenters. The molecule has 29 heavy (non-hydrogen) atoms. The van der Waals surface area contributed by atoms with Crippen LogP contribution in [0.25, 0.3) is 0 Å². The highest BCUT2D eigenvalue weighted by molar-refractivity contribution is 7.89. The van der Waals surface area contributed by atoms with Crippen molar-refractivity contribution in [3.05, 3.63) is 28.7 Å². The van der Waals surface area contributed by atoms with E-state index < -0.39 is 15.4 Å². The van der Waals surface area contributed by atoms with Crippen LogP contribution in [0.2, 0.25) is 0 Å². The number of aromatic nitrogens is 3. The molecular weight excluding hydrogens is 398 g/mol. The molecule has 1 N–H and O–H groups in total. The molecule has 1 amide bonds. The third kappa shape index (κ3) is 3.35. The lowest BCUT2D eigenvalue weighted by atomic mass is 9.80. The van der Waals surface area contributed by atoms with Crippen LogP contribution in [-0.2, 0) is 15.4 Å². The van der Waals surface area contributed by atoms with Gasteiger partial charge in [0.2, 0.25) is 15.9 Å². The molecule has 1 aliphatic carbocycles. The van der Waals surface area contributed by atoms with Gasteiger partial charge in [0.05, 0.1) is 16.9 Å². The summed E-state index contributed by atoms with van der Waals surface area (Å²) >= 11 is 0. The summed E-state index contributed by atoms with van der Waals surface area (Å²) in [5.74, 6) is 1.36. The first-order chi connectivity index (χ1) is 13.6. The molecule has 2 aliphatic rings. The van der Waals surface area contributed by atoms with Crippen molar-refractivity contribution in [3.63, 3.8) is 0 Å². The van der Waals surface area contributed by atoms with Crippen LogP contribution in [0, 0.1) is 26.7 Å². The van der Waals surface area contributed by atoms with E-state index in [1.165, 1.54) is 0 Å². The van der Waals surface area contributed by atoms with E-state index in [0.717, 1.165) is 0 Å². The van der Waals surface area contributed by atoms with E-state index in [0.29, 0.717) is 54.7 Å². The lowest BCUT2D eigenvalue weighted by molar-refractivity contribution is 0.0771. The maximum absolute atomic E-state index is 13.2. The minimum Gasteiger partial charge on any atom is -0.361 e. The van der Waals surface area contributed by atoms with Crippen molar-refractivity contribution < 1.29 is 22.3 Å². The average molecular weight is 423 g/mol. The Labute approximate surface area is 169 Å². The van der Waals surface area contributed by atoms with Crippen molar-refractivity contribution in [1.29, 1.82) is 0 Å². The monoisotopic (exact) mass is 423 g/mol. The summed E-state index contributed by atoms with van der Waals surface area (Å²) in [5.41, 5.74) is 0.461. The number of hydrogen-bond acceptors (Lipinski definition) is 8. The summed E-state index contributed by atoms with van der Waals surface area (Å²) in [6, 6.07) is -0.228. The van der Waals surface area contributed by atoms with Gasteiger partial charge in [0.1, 0.15) is 11.3 Å². The van der Waals surface area contributed by atoms with Gasteiger partial charge < -0.3 is 13.9 Å². The van der Waals surface area contributed by atoms with Crippen LogP contribution in [-0.4, -0.2) is 59.4 Å². The number of aryl methyl sites for hydroxylation is 3. The molecule has 1 saturated heterocycles. The lowest BCUT2D eigenvalue weighted by Gasteiger charge is -2.25. The minimum absolute atomic E-state index is 0.0105. The standard InChI is InChI=1S/C18H25N5O5S/c1-5-29(25,26)22-14-6-13-8-23(16(24)15-10(2)20-27-11(15)3)9-18(13,7-14)17-19-12(4)21-28-17/h13-14,22H,5-9H2,1-4H3/t13?,14-,18+/m1/s1. The van der Waals surface area contributed by atoms with E-state index in [-0.39, 0.29) is 23.6 Å². The highest BCUT2D eigenvalue weighted by atomic mass is 32.2. The first kappa shape index (κ1) is 20.0. The maximum Gasteiger partial charge on any atom is 0.259 e. The predicted octanol–water partition coefficient (Wildman–Crippen LogP) is 1.09. The largest absolute Gasteiger partial charge is 0.361 e. The van der Waals surface area contributed by atoms with Gasteiger partial charge in [-0.3, -0.25) is 4.79 Å². The average Bonchev–Trinajstić information content (AvgIpc) is 3.38. The van der Waals surface area contributed by atoms with Crippen molar-refractivity contribution in [2.24, 2.45) is 5.92 Å². The van der Waals surface area contributed by atoms with Crippen molar-refractivity contribution in [2.75, 3.05) is 18.8 Å². The minimum atomic E-state index is -3.33. The molecule has 2 aromatic heterocycles. The molecule has 0 radical (unpaired) electrons. The molecule has 3 atom stereocenters. The molecule has 2 fully saturated rings. The zero-order valence-corrected chi connectivity index (χ0v) is 17.7. The van der Waals surface area contributed by atoms with E-state index in [1.54, 1.807) is 32.6 Å². The van der Waals surface area contributed by atoms with Gasteiger partial charge in [-0.05, 0) is 46.5 Å². The van der Waals surface area contributed by atoms with E-state index in [1.807, 2.05) is 0 Å². The van der Waals surface area contributed by atoms with Crippen molar-refractivity contribution in [1.82, 2.24) is 24.9 Å². The Bertz CT molecular complexity index is 1030. The summed E-state index contributed by atoms with van der Waals surface area (Å²) in [7, 11) is -3.33. The smallest absolute Gasteiger partial charge is 0.259 e. The van der Waals surface area contributed by atoms with Crippen LogP contribution in [0.3, 0.4) is 0 Å². The Kier molecular flexibility index (Phi) is 4.77. The molecule has 2 aromatic rings. The number of carbonyl (C=O) groups is 1. The maximum atomic E-state index is 13.2. The summed E-state index contributed by atoms with van der Waals surface area (Å²) in [6.07, 6.45) is 1.11. The molecule has 3 heterocycles. The third-order valence-electron chi connectivity index (χ3n) is 6.09. The fourth-order valence-corrected chi connectivity index (χ4v) is 5.58. The van der Waals surface area contributed by atoms with Gasteiger partial charge in [-0.1, -0.05) is 10.3 Å². The molecule has 1 aliphatic heterocycles. The lowest BCUT2D eigenvalue weighted by Crippen LogP contribution is -2.40. The Morgan fingerprint density at radius 1 is 1.28 bits per heavy atom. The molecule has 10 nitrogen and oxygen atoms in total. The third-order valence-corrected chi connectivity index (χ3v) is 7.54.